The first-order chi connectivity index (χ1) is 8.45. The fourth-order valence-electron chi connectivity index (χ4n) is 2.54. The molecule has 102 valence electrons. The smallest absolute Gasteiger partial charge is 0.244 e. The molecular weight excluding hydrogens is 252 g/mol. The van der Waals surface area contributed by atoms with Crippen LogP contribution in [0.15, 0.2) is 17.2 Å². The first-order valence-corrected chi connectivity index (χ1v) is 7.69. The monoisotopic (exact) mass is 272 g/mol. The van der Waals surface area contributed by atoms with Crippen LogP contribution in [0.3, 0.4) is 0 Å². The third kappa shape index (κ3) is 2.46. The van der Waals surface area contributed by atoms with Gasteiger partial charge in [0.05, 0.1) is 11.5 Å². The molecule has 0 aromatic carbocycles. The minimum absolute atomic E-state index is 0.0335. The number of aromatic nitrogens is 1. The molecular formula is C12H20N2O3S. The van der Waals surface area contributed by atoms with Gasteiger partial charge in [-0.05, 0) is 31.7 Å². The number of hydrogen-bond acceptors (Lipinski definition) is 3. The van der Waals surface area contributed by atoms with Crippen LogP contribution in [-0.4, -0.2) is 35.4 Å². The summed E-state index contributed by atoms with van der Waals surface area (Å²) in [6.45, 7) is 4.50. The van der Waals surface area contributed by atoms with E-state index in [9.17, 15) is 8.42 Å². The zero-order valence-corrected chi connectivity index (χ0v) is 11.6. The van der Waals surface area contributed by atoms with Gasteiger partial charge in [-0.1, -0.05) is 6.92 Å². The minimum atomic E-state index is -3.43. The largest absolute Gasteiger partial charge is 0.390 e. The highest BCUT2D eigenvalue weighted by Crippen LogP contribution is 2.28. The molecule has 1 aromatic rings. The molecule has 2 unspecified atom stereocenters. The summed E-state index contributed by atoms with van der Waals surface area (Å²) in [7, 11) is -3.43. The van der Waals surface area contributed by atoms with E-state index in [0.29, 0.717) is 18.2 Å². The quantitative estimate of drug-likeness (QED) is 0.871. The minimum Gasteiger partial charge on any atom is -0.390 e. The number of hydrogen-bond donors (Lipinski definition) is 2. The number of piperidine rings is 1. The van der Waals surface area contributed by atoms with E-state index in [-0.39, 0.29) is 17.5 Å². The lowest BCUT2D eigenvalue weighted by atomic mass is 9.95. The second-order valence-electron chi connectivity index (χ2n) is 5.11. The Balaban J connectivity index is 2.25. The van der Waals surface area contributed by atoms with E-state index >= 15 is 0 Å². The summed E-state index contributed by atoms with van der Waals surface area (Å²) in [5.74, 6) is 0.575. The van der Waals surface area contributed by atoms with Crippen LogP contribution in [-0.2, 0) is 16.6 Å². The van der Waals surface area contributed by atoms with Crippen molar-refractivity contribution >= 4 is 10.0 Å². The lowest BCUT2D eigenvalue weighted by molar-refractivity contribution is 0.220. The van der Waals surface area contributed by atoms with Gasteiger partial charge in [0.25, 0.3) is 0 Å². The molecule has 5 nitrogen and oxygen atoms in total. The summed E-state index contributed by atoms with van der Waals surface area (Å²) in [6.07, 6.45) is 3.25. The number of rotatable bonds is 3. The molecule has 0 spiro atoms. The van der Waals surface area contributed by atoms with Gasteiger partial charge in [0, 0.05) is 24.5 Å². The van der Waals surface area contributed by atoms with E-state index in [1.165, 1.54) is 12.3 Å². The van der Waals surface area contributed by atoms with Gasteiger partial charge in [-0.2, -0.15) is 4.31 Å². The molecule has 2 heterocycles. The number of aromatic amines is 1. The van der Waals surface area contributed by atoms with Crippen LogP contribution < -0.4 is 0 Å². The number of H-pyrrole nitrogens is 1. The van der Waals surface area contributed by atoms with E-state index in [1.807, 2.05) is 6.92 Å². The fourth-order valence-corrected chi connectivity index (χ4v) is 4.21. The Morgan fingerprint density at radius 1 is 1.50 bits per heavy atom. The van der Waals surface area contributed by atoms with Crippen molar-refractivity contribution in [1.29, 1.82) is 0 Å². The number of nitrogens with one attached hydrogen (secondary N) is 1. The van der Waals surface area contributed by atoms with Crippen molar-refractivity contribution in [2.24, 2.45) is 5.92 Å². The second-order valence-corrected chi connectivity index (χ2v) is 7.00. The summed E-state index contributed by atoms with van der Waals surface area (Å²) in [5, 5.41) is 8.97. The van der Waals surface area contributed by atoms with Crippen molar-refractivity contribution in [1.82, 2.24) is 9.29 Å². The Bertz CT molecular complexity index is 509. The van der Waals surface area contributed by atoms with Gasteiger partial charge in [0.15, 0.2) is 0 Å². The van der Waals surface area contributed by atoms with Gasteiger partial charge >= 0.3 is 0 Å². The number of aliphatic hydroxyl groups excluding tert-OH is 1. The predicted octanol–water partition coefficient (Wildman–Crippen LogP) is 1.32. The van der Waals surface area contributed by atoms with E-state index in [0.717, 1.165) is 12.8 Å². The van der Waals surface area contributed by atoms with Gasteiger partial charge < -0.3 is 10.1 Å². The molecule has 1 saturated heterocycles. The SMILES string of the molecule is CC1CCN(S(=O)(=O)c2c[nH]c(CO)c2)C(C)C1. The normalized spacial score (nSPS) is 26.4. The van der Waals surface area contributed by atoms with Crippen LogP contribution in [0.5, 0.6) is 0 Å². The van der Waals surface area contributed by atoms with Gasteiger partial charge in [0.1, 0.15) is 0 Å². The Morgan fingerprint density at radius 2 is 2.22 bits per heavy atom. The molecule has 0 saturated carbocycles. The molecule has 6 heteroatoms. The number of aliphatic hydroxyl groups is 1. The molecule has 1 fully saturated rings. The van der Waals surface area contributed by atoms with Crippen molar-refractivity contribution in [3.8, 4) is 0 Å². The average Bonchev–Trinajstić information content (AvgIpc) is 2.77. The zero-order chi connectivity index (χ0) is 13.3. The van der Waals surface area contributed by atoms with Crippen molar-refractivity contribution in [3.05, 3.63) is 18.0 Å². The topological polar surface area (TPSA) is 73.4 Å². The molecule has 0 bridgehead atoms. The standard InChI is InChI=1S/C12H20N2O3S/c1-9-3-4-14(10(2)5-9)18(16,17)12-6-11(8-15)13-7-12/h6-7,9-10,13,15H,3-5,8H2,1-2H3. The van der Waals surface area contributed by atoms with Gasteiger partial charge in [-0.25, -0.2) is 8.42 Å². The van der Waals surface area contributed by atoms with Gasteiger partial charge in [-0.15, -0.1) is 0 Å². The molecule has 0 aliphatic carbocycles. The first kappa shape index (κ1) is 13.6. The molecule has 0 amide bonds. The number of sulfonamides is 1. The molecule has 2 N–H and O–H groups in total. The van der Waals surface area contributed by atoms with Crippen molar-refractivity contribution in [3.63, 3.8) is 0 Å². The molecule has 0 radical (unpaired) electrons. The molecule has 18 heavy (non-hydrogen) atoms. The summed E-state index contributed by atoms with van der Waals surface area (Å²) in [6, 6.07) is 1.53. The van der Waals surface area contributed by atoms with Crippen LogP contribution in [0, 0.1) is 5.92 Å². The Hall–Kier alpha value is -0.850. The summed E-state index contributed by atoms with van der Waals surface area (Å²) >= 11 is 0. The van der Waals surface area contributed by atoms with Gasteiger partial charge in [0.2, 0.25) is 10.0 Å². The molecule has 2 rings (SSSR count). The average molecular weight is 272 g/mol. The third-order valence-corrected chi connectivity index (χ3v) is 5.56. The van der Waals surface area contributed by atoms with Crippen molar-refractivity contribution in [2.45, 2.75) is 44.2 Å². The Kier molecular flexibility index (Phi) is 3.79. The maximum Gasteiger partial charge on any atom is 0.244 e. The van der Waals surface area contributed by atoms with Crippen molar-refractivity contribution in [2.75, 3.05) is 6.54 Å². The summed E-state index contributed by atoms with van der Waals surface area (Å²) in [4.78, 5) is 3.01. The summed E-state index contributed by atoms with van der Waals surface area (Å²) < 4.78 is 26.5. The maximum absolute atomic E-state index is 12.5. The van der Waals surface area contributed by atoms with E-state index < -0.39 is 10.0 Å². The maximum atomic E-state index is 12.5. The first-order valence-electron chi connectivity index (χ1n) is 6.25. The summed E-state index contributed by atoms with van der Waals surface area (Å²) in [5.41, 5.74) is 0.520. The lowest BCUT2D eigenvalue weighted by Crippen LogP contribution is -2.43. The van der Waals surface area contributed by atoms with Crippen LogP contribution in [0.2, 0.25) is 0 Å². The third-order valence-electron chi connectivity index (χ3n) is 3.57. The fraction of sp³-hybridized carbons (Fsp3) is 0.667. The highest BCUT2D eigenvalue weighted by Gasteiger charge is 2.33. The zero-order valence-electron chi connectivity index (χ0n) is 10.8. The molecule has 1 aliphatic rings. The lowest BCUT2D eigenvalue weighted by Gasteiger charge is -2.35. The number of nitrogens with zero attached hydrogens (tertiary/aromatic N) is 1. The van der Waals surface area contributed by atoms with E-state index in [4.69, 9.17) is 5.11 Å². The molecule has 1 aliphatic heterocycles. The molecule has 2 atom stereocenters. The van der Waals surface area contributed by atoms with Crippen LogP contribution in [0.25, 0.3) is 0 Å². The van der Waals surface area contributed by atoms with Crippen LogP contribution in [0.1, 0.15) is 32.4 Å². The Morgan fingerprint density at radius 3 is 2.78 bits per heavy atom. The molecule has 1 aromatic heterocycles. The highest BCUT2D eigenvalue weighted by molar-refractivity contribution is 7.89. The highest BCUT2D eigenvalue weighted by atomic mass is 32.2. The van der Waals surface area contributed by atoms with E-state index in [2.05, 4.69) is 11.9 Å². The predicted molar refractivity (Wildman–Crippen MR) is 68.5 cm³/mol. The van der Waals surface area contributed by atoms with Gasteiger partial charge in [-0.3, -0.25) is 0 Å². The van der Waals surface area contributed by atoms with Crippen LogP contribution >= 0.6 is 0 Å². The Labute approximate surface area is 108 Å². The van der Waals surface area contributed by atoms with Crippen LogP contribution in [0.4, 0.5) is 0 Å². The van der Waals surface area contributed by atoms with Crippen molar-refractivity contribution < 1.29 is 13.5 Å². The van der Waals surface area contributed by atoms with E-state index in [1.54, 1.807) is 4.31 Å². The second kappa shape index (κ2) is 5.03.